The summed E-state index contributed by atoms with van der Waals surface area (Å²) in [5.41, 5.74) is 3.04. The van der Waals surface area contributed by atoms with Crippen molar-refractivity contribution in [3.8, 4) is 5.75 Å². The van der Waals surface area contributed by atoms with E-state index in [0.717, 1.165) is 24.8 Å². The van der Waals surface area contributed by atoms with Crippen molar-refractivity contribution in [1.29, 1.82) is 0 Å². The lowest BCUT2D eigenvalue weighted by Gasteiger charge is -2.05. The van der Waals surface area contributed by atoms with Gasteiger partial charge in [-0.05, 0) is 36.8 Å². The van der Waals surface area contributed by atoms with Crippen molar-refractivity contribution < 1.29 is 19.6 Å². The molecule has 140 valence electrons. The van der Waals surface area contributed by atoms with E-state index in [1.165, 1.54) is 18.2 Å². The van der Waals surface area contributed by atoms with E-state index < -0.39 is 10.8 Å². The maximum absolute atomic E-state index is 12.0. The SMILES string of the molecule is CCCC(=O)Nc1ccc(C(=O)N/N=C/c2cc([N+](=O)[O-])ccc2O)cc1. The molecule has 3 N–H and O–H groups in total. The zero-order valence-corrected chi connectivity index (χ0v) is 14.5. The highest BCUT2D eigenvalue weighted by Gasteiger charge is 2.09. The first-order valence-corrected chi connectivity index (χ1v) is 8.11. The average molecular weight is 370 g/mol. The quantitative estimate of drug-likeness (QED) is 0.391. The Morgan fingerprint density at radius 2 is 1.93 bits per heavy atom. The molecule has 0 saturated carbocycles. The zero-order valence-electron chi connectivity index (χ0n) is 14.5. The van der Waals surface area contributed by atoms with Gasteiger partial charge in [0.2, 0.25) is 5.91 Å². The first-order valence-electron chi connectivity index (χ1n) is 8.11. The number of aromatic hydroxyl groups is 1. The first-order chi connectivity index (χ1) is 12.9. The highest BCUT2D eigenvalue weighted by atomic mass is 16.6. The Balaban J connectivity index is 1.99. The van der Waals surface area contributed by atoms with Crippen molar-refractivity contribution >= 4 is 29.4 Å². The predicted octanol–water partition coefficient (Wildman–Crippen LogP) is 2.80. The van der Waals surface area contributed by atoms with Crippen LogP contribution in [0.4, 0.5) is 11.4 Å². The number of hydrogen-bond donors (Lipinski definition) is 3. The van der Waals surface area contributed by atoms with Gasteiger partial charge in [0.05, 0.1) is 11.1 Å². The first kappa shape index (κ1) is 19.6. The van der Waals surface area contributed by atoms with Crippen molar-refractivity contribution in [3.05, 3.63) is 63.7 Å². The van der Waals surface area contributed by atoms with Crippen LogP contribution in [0.25, 0.3) is 0 Å². The molecule has 2 aromatic rings. The normalized spacial score (nSPS) is 10.6. The molecule has 2 aromatic carbocycles. The molecule has 0 atom stereocenters. The molecule has 0 aliphatic carbocycles. The van der Waals surface area contributed by atoms with Crippen molar-refractivity contribution in [2.75, 3.05) is 5.32 Å². The number of benzene rings is 2. The minimum atomic E-state index is -0.601. The molecular weight excluding hydrogens is 352 g/mol. The smallest absolute Gasteiger partial charge is 0.271 e. The van der Waals surface area contributed by atoms with E-state index in [1.807, 2.05) is 6.92 Å². The van der Waals surface area contributed by atoms with Gasteiger partial charge in [-0.2, -0.15) is 5.10 Å². The molecule has 0 aliphatic heterocycles. The van der Waals surface area contributed by atoms with E-state index in [1.54, 1.807) is 12.1 Å². The number of anilines is 1. The highest BCUT2D eigenvalue weighted by Crippen LogP contribution is 2.21. The van der Waals surface area contributed by atoms with Crippen LogP contribution in [0.5, 0.6) is 5.75 Å². The van der Waals surface area contributed by atoms with Gasteiger partial charge in [-0.15, -0.1) is 0 Å². The monoisotopic (exact) mass is 370 g/mol. The van der Waals surface area contributed by atoms with Crippen LogP contribution in [0.2, 0.25) is 0 Å². The Kier molecular flexibility index (Phi) is 6.59. The lowest BCUT2D eigenvalue weighted by atomic mass is 10.2. The second-order valence-corrected chi connectivity index (χ2v) is 5.57. The van der Waals surface area contributed by atoms with Crippen molar-refractivity contribution in [3.63, 3.8) is 0 Å². The molecule has 9 heteroatoms. The third-order valence-electron chi connectivity index (χ3n) is 3.50. The highest BCUT2D eigenvalue weighted by molar-refractivity contribution is 5.96. The van der Waals surface area contributed by atoms with E-state index in [9.17, 15) is 24.8 Å². The summed E-state index contributed by atoms with van der Waals surface area (Å²) in [4.78, 5) is 33.7. The summed E-state index contributed by atoms with van der Waals surface area (Å²) in [5, 5.41) is 26.8. The molecular formula is C18H18N4O5. The van der Waals surface area contributed by atoms with E-state index in [2.05, 4.69) is 15.8 Å². The Morgan fingerprint density at radius 3 is 2.56 bits per heavy atom. The minimum absolute atomic E-state index is 0.0958. The minimum Gasteiger partial charge on any atom is -0.507 e. The number of carbonyl (C=O) groups excluding carboxylic acids is 2. The van der Waals surface area contributed by atoms with Gasteiger partial charge < -0.3 is 10.4 Å². The Bertz CT molecular complexity index is 878. The van der Waals surface area contributed by atoms with Crippen LogP contribution in [0.3, 0.4) is 0 Å². The number of hydrogen-bond acceptors (Lipinski definition) is 6. The number of phenolic OH excluding ortho intramolecular Hbond substituents is 1. The van der Waals surface area contributed by atoms with Crippen LogP contribution in [-0.4, -0.2) is 28.1 Å². The maximum atomic E-state index is 12.0. The van der Waals surface area contributed by atoms with Gasteiger partial charge in [-0.1, -0.05) is 6.92 Å². The number of nitro groups is 1. The molecule has 0 unspecified atom stereocenters. The second kappa shape index (κ2) is 9.09. The summed E-state index contributed by atoms with van der Waals surface area (Å²) in [7, 11) is 0. The molecule has 0 bridgehead atoms. The number of amides is 2. The number of rotatable bonds is 7. The molecule has 9 nitrogen and oxygen atoms in total. The zero-order chi connectivity index (χ0) is 19.8. The summed E-state index contributed by atoms with van der Waals surface area (Å²) < 4.78 is 0. The van der Waals surface area contributed by atoms with Crippen molar-refractivity contribution in [2.45, 2.75) is 19.8 Å². The number of phenols is 1. The summed E-state index contributed by atoms with van der Waals surface area (Å²) in [5.74, 6) is -0.815. The standard InChI is InChI=1S/C18H18N4O5/c1-2-3-17(24)20-14-6-4-12(5-7-14)18(25)21-19-11-13-10-15(22(26)27)8-9-16(13)23/h4-11,23H,2-3H2,1H3,(H,20,24)(H,21,25)/b19-11+. The molecule has 0 heterocycles. The fraction of sp³-hybridized carbons (Fsp3) is 0.167. The number of nitrogens with zero attached hydrogens (tertiary/aromatic N) is 2. The van der Waals surface area contributed by atoms with Gasteiger partial charge in [0, 0.05) is 35.4 Å². The number of carbonyl (C=O) groups is 2. The largest absolute Gasteiger partial charge is 0.507 e. The van der Waals surface area contributed by atoms with Gasteiger partial charge in [-0.25, -0.2) is 5.43 Å². The summed E-state index contributed by atoms with van der Waals surface area (Å²) in [6.45, 7) is 1.90. The lowest BCUT2D eigenvalue weighted by molar-refractivity contribution is -0.384. The van der Waals surface area contributed by atoms with Gasteiger partial charge in [-0.3, -0.25) is 19.7 Å². The fourth-order valence-electron chi connectivity index (χ4n) is 2.14. The third kappa shape index (κ3) is 5.63. The molecule has 2 amide bonds. The van der Waals surface area contributed by atoms with Crippen LogP contribution in [0, 0.1) is 10.1 Å². The average Bonchev–Trinajstić information content (AvgIpc) is 2.63. The van der Waals surface area contributed by atoms with E-state index in [-0.39, 0.29) is 22.9 Å². The van der Waals surface area contributed by atoms with Gasteiger partial charge in [0.1, 0.15) is 5.75 Å². The Labute approximate surface area is 154 Å². The molecule has 0 fully saturated rings. The molecule has 0 aromatic heterocycles. The van der Waals surface area contributed by atoms with E-state index >= 15 is 0 Å². The molecule has 27 heavy (non-hydrogen) atoms. The Morgan fingerprint density at radius 1 is 1.22 bits per heavy atom. The maximum Gasteiger partial charge on any atom is 0.271 e. The summed E-state index contributed by atoms with van der Waals surface area (Å²) >= 11 is 0. The lowest BCUT2D eigenvalue weighted by Crippen LogP contribution is -2.17. The van der Waals surface area contributed by atoms with Crippen molar-refractivity contribution in [2.24, 2.45) is 5.10 Å². The fourth-order valence-corrected chi connectivity index (χ4v) is 2.14. The molecule has 0 saturated heterocycles. The predicted molar refractivity (Wildman–Crippen MR) is 99.8 cm³/mol. The summed E-state index contributed by atoms with van der Waals surface area (Å²) in [6.07, 6.45) is 2.27. The number of nitro benzene ring substituents is 1. The topological polar surface area (TPSA) is 134 Å². The molecule has 0 radical (unpaired) electrons. The molecule has 0 aliphatic rings. The molecule has 2 rings (SSSR count). The van der Waals surface area contributed by atoms with Crippen LogP contribution in [0.15, 0.2) is 47.6 Å². The Hall–Kier alpha value is -3.75. The van der Waals surface area contributed by atoms with E-state index in [0.29, 0.717) is 17.7 Å². The van der Waals surface area contributed by atoms with Crippen LogP contribution < -0.4 is 10.7 Å². The second-order valence-electron chi connectivity index (χ2n) is 5.57. The van der Waals surface area contributed by atoms with E-state index in [4.69, 9.17) is 0 Å². The van der Waals surface area contributed by atoms with Gasteiger partial charge in [0.15, 0.2) is 0 Å². The molecule has 0 spiro atoms. The number of non-ortho nitro benzene ring substituents is 1. The van der Waals surface area contributed by atoms with Gasteiger partial charge in [0.25, 0.3) is 11.6 Å². The van der Waals surface area contributed by atoms with Crippen molar-refractivity contribution in [1.82, 2.24) is 5.43 Å². The third-order valence-corrected chi connectivity index (χ3v) is 3.50. The van der Waals surface area contributed by atoms with Gasteiger partial charge >= 0.3 is 0 Å². The van der Waals surface area contributed by atoms with Crippen LogP contribution in [0.1, 0.15) is 35.7 Å². The summed E-state index contributed by atoms with van der Waals surface area (Å²) in [6, 6.07) is 9.71. The number of nitrogens with one attached hydrogen (secondary N) is 2. The van der Waals surface area contributed by atoms with Crippen LogP contribution >= 0.6 is 0 Å². The number of hydrazone groups is 1. The van der Waals surface area contributed by atoms with Crippen LogP contribution in [-0.2, 0) is 4.79 Å².